The minimum Gasteiger partial charge on any atom is -0.493 e. The lowest BCUT2D eigenvalue weighted by molar-refractivity contribution is 0.264. The first-order chi connectivity index (χ1) is 11.2. The van der Waals surface area contributed by atoms with E-state index in [0.717, 1.165) is 69.7 Å². The van der Waals surface area contributed by atoms with Crippen LogP contribution in [-0.4, -0.2) is 13.2 Å². The molecule has 1 aromatic rings. The number of benzene rings is 1. The number of ether oxygens (including phenoxy) is 2. The van der Waals surface area contributed by atoms with Crippen molar-refractivity contribution in [3.63, 3.8) is 0 Å². The van der Waals surface area contributed by atoms with E-state index >= 15 is 0 Å². The van der Waals surface area contributed by atoms with E-state index in [1.807, 2.05) is 0 Å². The van der Waals surface area contributed by atoms with Crippen LogP contribution in [0, 0.1) is 0 Å². The molecule has 0 spiro atoms. The zero-order valence-electron chi connectivity index (χ0n) is 15.9. The summed E-state index contributed by atoms with van der Waals surface area (Å²) in [5.74, 6) is 2.05. The van der Waals surface area contributed by atoms with Crippen molar-refractivity contribution in [1.82, 2.24) is 0 Å². The smallest absolute Gasteiger partial charge is 0.126 e. The molecule has 1 rings (SSSR count). The molecule has 0 aliphatic heterocycles. The standard InChI is InChI=1S/C21H36O2/c1-6-11-16-22-18-14-13-15-19(23-17-12-7-2)20(18)21(8-3,9-4)10-5/h13-15H,6-12,16-17H2,1-5H3. The summed E-state index contributed by atoms with van der Waals surface area (Å²) in [6, 6.07) is 6.30. The summed E-state index contributed by atoms with van der Waals surface area (Å²) in [6.45, 7) is 12.8. The van der Waals surface area contributed by atoms with Gasteiger partial charge in [-0.1, -0.05) is 53.5 Å². The number of hydrogen-bond donors (Lipinski definition) is 0. The summed E-state index contributed by atoms with van der Waals surface area (Å²) in [4.78, 5) is 0. The molecule has 0 aliphatic carbocycles. The molecule has 0 atom stereocenters. The van der Waals surface area contributed by atoms with Crippen LogP contribution in [0.15, 0.2) is 18.2 Å². The largest absolute Gasteiger partial charge is 0.493 e. The Hall–Kier alpha value is -1.18. The van der Waals surface area contributed by atoms with Crippen molar-refractivity contribution >= 4 is 0 Å². The molecule has 132 valence electrons. The maximum absolute atomic E-state index is 6.16. The predicted octanol–water partition coefficient (Wildman–Crippen LogP) is 6.51. The van der Waals surface area contributed by atoms with Gasteiger partial charge in [0, 0.05) is 11.0 Å². The van der Waals surface area contributed by atoms with Gasteiger partial charge in [-0.2, -0.15) is 0 Å². The summed E-state index contributed by atoms with van der Waals surface area (Å²) < 4.78 is 12.3. The van der Waals surface area contributed by atoms with Crippen molar-refractivity contribution in [1.29, 1.82) is 0 Å². The molecule has 0 radical (unpaired) electrons. The van der Waals surface area contributed by atoms with Gasteiger partial charge in [-0.15, -0.1) is 0 Å². The molecule has 23 heavy (non-hydrogen) atoms. The Balaban J connectivity index is 3.20. The highest BCUT2D eigenvalue weighted by atomic mass is 16.5. The Morgan fingerprint density at radius 2 is 1.17 bits per heavy atom. The van der Waals surface area contributed by atoms with E-state index < -0.39 is 0 Å². The third kappa shape index (κ3) is 5.16. The fourth-order valence-corrected chi connectivity index (χ4v) is 3.21. The topological polar surface area (TPSA) is 18.5 Å². The zero-order chi connectivity index (χ0) is 17.1. The van der Waals surface area contributed by atoms with E-state index in [1.165, 1.54) is 5.56 Å². The molecule has 0 amide bonds. The van der Waals surface area contributed by atoms with Gasteiger partial charge in [0.05, 0.1) is 13.2 Å². The summed E-state index contributed by atoms with van der Waals surface area (Å²) >= 11 is 0. The first kappa shape index (κ1) is 19.9. The van der Waals surface area contributed by atoms with Gasteiger partial charge in [-0.25, -0.2) is 0 Å². The Morgan fingerprint density at radius 3 is 1.52 bits per heavy atom. The van der Waals surface area contributed by atoms with Crippen molar-refractivity contribution < 1.29 is 9.47 Å². The van der Waals surface area contributed by atoms with E-state index in [1.54, 1.807) is 0 Å². The van der Waals surface area contributed by atoms with Crippen molar-refractivity contribution in [2.45, 2.75) is 85.0 Å². The second-order valence-corrected chi connectivity index (χ2v) is 6.37. The summed E-state index contributed by atoms with van der Waals surface area (Å²) in [5.41, 5.74) is 1.43. The summed E-state index contributed by atoms with van der Waals surface area (Å²) in [7, 11) is 0. The highest BCUT2D eigenvalue weighted by Crippen LogP contribution is 2.45. The molecular weight excluding hydrogens is 284 g/mol. The molecule has 0 aromatic heterocycles. The number of unbranched alkanes of at least 4 members (excludes halogenated alkanes) is 2. The average molecular weight is 321 g/mol. The van der Waals surface area contributed by atoms with Crippen LogP contribution in [0.25, 0.3) is 0 Å². The van der Waals surface area contributed by atoms with Crippen LogP contribution < -0.4 is 9.47 Å². The number of rotatable bonds is 12. The maximum atomic E-state index is 6.16. The van der Waals surface area contributed by atoms with Gasteiger partial charge in [0.15, 0.2) is 0 Å². The van der Waals surface area contributed by atoms with Crippen LogP contribution in [0.3, 0.4) is 0 Å². The quantitative estimate of drug-likeness (QED) is 0.408. The molecule has 0 saturated heterocycles. The highest BCUT2D eigenvalue weighted by Gasteiger charge is 2.33. The molecule has 0 saturated carbocycles. The van der Waals surface area contributed by atoms with E-state index in [2.05, 4.69) is 52.8 Å². The third-order valence-corrected chi connectivity index (χ3v) is 5.06. The normalized spacial score (nSPS) is 11.5. The van der Waals surface area contributed by atoms with Crippen LogP contribution in [0.5, 0.6) is 11.5 Å². The van der Waals surface area contributed by atoms with Crippen molar-refractivity contribution in [3.8, 4) is 11.5 Å². The van der Waals surface area contributed by atoms with Gasteiger partial charge in [-0.05, 0) is 44.2 Å². The lowest BCUT2D eigenvalue weighted by atomic mass is 9.73. The van der Waals surface area contributed by atoms with Crippen LogP contribution in [0.4, 0.5) is 0 Å². The van der Waals surface area contributed by atoms with Crippen LogP contribution in [0.2, 0.25) is 0 Å². The Morgan fingerprint density at radius 1 is 0.739 bits per heavy atom. The molecule has 0 aliphatic rings. The van der Waals surface area contributed by atoms with Gasteiger partial charge in [0.2, 0.25) is 0 Å². The molecule has 0 N–H and O–H groups in total. The van der Waals surface area contributed by atoms with Gasteiger partial charge in [-0.3, -0.25) is 0 Å². The third-order valence-electron chi connectivity index (χ3n) is 5.06. The van der Waals surface area contributed by atoms with E-state index in [4.69, 9.17) is 9.47 Å². The molecular formula is C21H36O2. The molecule has 0 unspecified atom stereocenters. The molecule has 2 nitrogen and oxygen atoms in total. The van der Waals surface area contributed by atoms with E-state index in [-0.39, 0.29) is 5.41 Å². The van der Waals surface area contributed by atoms with Gasteiger partial charge >= 0.3 is 0 Å². The van der Waals surface area contributed by atoms with E-state index in [0.29, 0.717) is 0 Å². The SMILES string of the molecule is CCCCOc1cccc(OCCCC)c1C(CC)(CC)CC. The molecule has 0 bridgehead atoms. The second-order valence-electron chi connectivity index (χ2n) is 6.37. The summed E-state index contributed by atoms with van der Waals surface area (Å²) in [5, 5.41) is 0. The lowest BCUT2D eigenvalue weighted by Gasteiger charge is -2.34. The first-order valence-corrected chi connectivity index (χ1v) is 9.58. The van der Waals surface area contributed by atoms with Gasteiger partial charge in [0.25, 0.3) is 0 Å². The molecule has 0 fully saturated rings. The Bertz CT molecular complexity index is 399. The van der Waals surface area contributed by atoms with Crippen molar-refractivity contribution in [2.24, 2.45) is 0 Å². The fraction of sp³-hybridized carbons (Fsp3) is 0.714. The van der Waals surface area contributed by atoms with Gasteiger partial charge < -0.3 is 9.47 Å². The molecule has 0 heterocycles. The highest BCUT2D eigenvalue weighted by molar-refractivity contribution is 5.50. The monoisotopic (exact) mass is 320 g/mol. The number of hydrogen-bond acceptors (Lipinski definition) is 2. The zero-order valence-corrected chi connectivity index (χ0v) is 15.9. The molecule has 1 aromatic carbocycles. The van der Waals surface area contributed by atoms with Crippen molar-refractivity contribution in [3.05, 3.63) is 23.8 Å². The van der Waals surface area contributed by atoms with Crippen LogP contribution in [-0.2, 0) is 5.41 Å². The summed E-state index contributed by atoms with van der Waals surface area (Å²) in [6.07, 6.45) is 7.83. The first-order valence-electron chi connectivity index (χ1n) is 9.58. The maximum Gasteiger partial charge on any atom is 0.126 e. The molecule has 2 heteroatoms. The predicted molar refractivity (Wildman–Crippen MR) is 99.8 cm³/mol. The second kappa shape index (κ2) is 10.6. The van der Waals surface area contributed by atoms with Gasteiger partial charge in [0.1, 0.15) is 11.5 Å². The minimum atomic E-state index is 0.143. The van der Waals surface area contributed by atoms with Crippen LogP contribution in [0.1, 0.15) is 85.1 Å². The van der Waals surface area contributed by atoms with E-state index in [9.17, 15) is 0 Å². The Kier molecular flexibility index (Phi) is 9.13. The van der Waals surface area contributed by atoms with Crippen LogP contribution >= 0.6 is 0 Å². The lowest BCUT2D eigenvalue weighted by Crippen LogP contribution is -2.25. The Labute approximate surface area is 143 Å². The minimum absolute atomic E-state index is 0.143. The fourth-order valence-electron chi connectivity index (χ4n) is 3.21. The average Bonchev–Trinajstić information content (AvgIpc) is 2.59. The van der Waals surface area contributed by atoms with Crippen molar-refractivity contribution in [2.75, 3.05) is 13.2 Å².